The number of likely N-dealkylation sites (tertiary alicyclic amines) is 1. The van der Waals surface area contributed by atoms with Gasteiger partial charge in [-0.2, -0.15) is 0 Å². The van der Waals surface area contributed by atoms with Gasteiger partial charge in [0.05, 0.1) is 12.0 Å². The lowest BCUT2D eigenvalue weighted by Crippen LogP contribution is -2.29. The van der Waals surface area contributed by atoms with Gasteiger partial charge in [0.25, 0.3) is 5.91 Å². The normalized spacial score (nSPS) is 19.7. The molecule has 6 heteroatoms. The van der Waals surface area contributed by atoms with Crippen molar-refractivity contribution in [1.82, 2.24) is 4.90 Å². The van der Waals surface area contributed by atoms with Gasteiger partial charge in [0.1, 0.15) is 9.54 Å². The van der Waals surface area contributed by atoms with Gasteiger partial charge >= 0.3 is 0 Å². The number of carbonyl (C=O) groups excluding carboxylic acids is 1. The molecule has 2 rings (SSSR count). The summed E-state index contributed by atoms with van der Waals surface area (Å²) >= 11 is 4.79. The van der Waals surface area contributed by atoms with Gasteiger partial charge in [0.2, 0.25) is 0 Å². The largest absolute Gasteiger partial charge is 0.495 e. The number of rotatable bonds is 3. The lowest BCUT2D eigenvalue weighted by Gasteiger charge is -2.14. The van der Waals surface area contributed by atoms with E-state index in [2.05, 4.69) is 15.9 Å². The summed E-state index contributed by atoms with van der Waals surface area (Å²) < 4.78 is 6.01. The molecule has 0 spiro atoms. The quantitative estimate of drug-likeness (QED) is 0.926. The molecule has 1 aliphatic rings. The van der Waals surface area contributed by atoms with Crippen molar-refractivity contribution >= 4 is 33.2 Å². The van der Waals surface area contributed by atoms with Crippen LogP contribution in [-0.4, -0.2) is 37.6 Å². The summed E-state index contributed by atoms with van der Waals surface area (Å²) in [6.45, 7) is 2.23. The zero-order valence-corrected chi connectivity index (χ0v) is 12.0. The third-order valence-electron chi connectivity index (χ3n) is 2.99. The second kappa shape index (κ2) is 5.37. The average Bonchev–Trinajstić information content (AvgIpc) is 2.94. The van der Waals surface area contributed by atoms with E-state index in [1.54, 1.807) is 13.2 Å². The highest BCUT2D eigenvalue weighted by molar-refractivity contribution is 9.11. The fourth-order valence-corrected chi connectivity index (χ4v) is 3.58. The van der Waals surface area contributed by atoms with E-state index in [0.717, 1.165) is 23.3 Å². The molecule has 1 atom stereocenters. The summed E-state index contributed by atoms with van der Waals surface area (Å²) in [6.07, 6.45) is 1.01. The van der Waals surface area contributed by atoms with Crippen molar-refractivity contribution in [2.24, 2.45) is 11.7 Å². The molecule has 1 fully saturated rings. The molecule has 1 amide bonds. The number of halogens is 1. The second-order valence-corrected chi connectivity index (χ2v) is 6.46. The van der Waals surface area contributed by atoms with Crippen LogP contribution >= 0.6 is 27.3 Å². The topological polar surface area (TPSA) is 55.6 Å². The zero-order chi connectivity index (χ0) is 12.4. The number of nitrogens with two attached hydrogens (primary N) is 1. The lowest BCUT2D eigenvalue weighted by molar-refractivity contribution is 0.0792. The van der Waals surface area contributed by atoms with Crippen molar-refractivity contribution < 1.29 is 9.53 Å². The highest BCUT2D eigenvalue weighted by Crippen LogP contribution is 2.35. The van der Waals surface area contributed by atoms with Crippen molar-refractivity contribution in [3.8, 4) is 5.75 Å². The molecule has 1 unspecified atom stereocenters. The van der Waals surface area contributed by atoms with E-state index in [9.17, 15) is 4.79 Å². The van der Waals surface area contributed by atoms with Crippen LogP contribution in [0, 0.1) is 5.92 Å². The summed E-state index contributed by atoms with van der Waals surface area (Å²) in [4.78, 5) is 14.8. The van der Waals surface area contributed by atoms with Crippen LogP contribution in [0.3, 0.4) is 0 Å². The summed E-state index contributed by atoms with van der Waals surface area (Å²) in [7, 11) is 1.60. The van der Waals surface area contributed by atoms with Crippen LogP contribution < -0.4 is 10.5 Å². The molecule has 0 radical (unpaired) electrons. The molecule has 0 bridgehead atoms. The van der Waals surface area contributed by atoms with Crippen molar-refractivity contribution in [3.05, 3.63) is 14.7 Å². The molecule has 0 saturated carbocycles. The lowest BCUT2D eigenvalue weighted by atomic mass is 10.1. The Morgan fingerprint density at radius 2 is 2.53 bits per heavy atom. The molecular weight excluding hydrogens is 304 g/mol. The van der Waals surface area contributed by atoms with Crippen LogP contribution in [-0.2, 0) is 0 Å². The zero-order valence-electron chi connectivity index (χ0n) is 9.61. The first kappa shape index (κ1) is 12.9. The van der Waals surface area contributed by atoms with Gasteiger partial charge in [-0.1, -0.05) is 0 Å². The minimum atomic E-state index is 0.0787. The Hall–Kier alpha value is -0.590. The predicted molar refractivity (Wildman–Crippen MR) is 71.6 cm³/mol. The minimum Gasteiger partial charge on any atom is -0.495 e. The van der Waals surface area contributed by atoms with Crippen molar-refractivity contribution in [2.45, 2.75) is 6.42 Å². The Labute approximate surface area is 113 Å². The predicted octanol–water partition coefficient (Wildman–Crippen LogP) is 1.94. The number of amides is 1. The number of thiophene rings is 1. The molecular formula is C11H15BrN2O2S. The number of carbonyl (C=O) groups is 1. The first-order valence-corrected chi connectivity index (χ1v) is 7.09. The van der Waals surface area contributed by atoms with E-state index >= 15 is 0 Å². The molecule has 0 aromatic carbocycles. The van der Waals surface area contributed by atoms with E-state index in [4.69, 9.17) is 10.5 Å². The van der Waals surface area contributed by atoms with Gasteiger partial charge in [-0.05, 0) is 34.8 Å². The maximum absolute atomic E-state index is 12.2. The number of methoxy groups -OCH3 is 1. The molecule has 1 aromatic rings. The van der Waals surface area contributed by atoms with Crippen molar-refractivity contribution in [2.75, 3.05) is 26.7 Å². The fraction of sp³-hybridized carbons (Fsp3) is 0.545. The highest BCUT2D eigenvalue weighted by Gasteiger charge is 2.27. The Morgan fingerprint density at radius 3 is 3.06 bits per heavy atom. The average molecular weight is 319 g/mol. The third kappa shape index (κ3) is 2.64. The van der Waals surface area contributed by atoms with Gasteiger partial charge in [-0.3, -0.25) is 4.79 Å². The van der Waals surface area contributed by atoms with Crippen LogP contribution in [0.4, 0.5) is 0 Å². The van der Waals surface area contributed by atoms with Crippen LogP contribution in [0.2, 0.25) is 0 Å². The molecule has 2 heterocycles. The van der Waals surface area contributed by atoms with Crippen LogP contribution in [0.15, 0.2) is 9.85 Å². The van der Waals surface area contributed by atoms with E-state index in [0.29, 0.717) is 23.1 Å². The molecule has 0 aliphatic carbocycles. The Kier molecular flexibility index (Phi) is 4.06. The first-order valence-electron chi connectivity index (χ1n) is 5.48. The van der Waals surface area contributed by atoms with Gasteiger partial charge in [0, 0.05) is 19.2 Å². The Bertz CT molecular complexity index is 422. The second-order valence-electron chi connectivity index (χ2n) is 4.09. The van der Waals surface area contributed by atoms with E-state index in [-0.39, 0.29) is 5.91 Å². The first-order chi connectivity index (χ1) is 8.15. The highest BCUT2D eigenvalue weighted by atomic mass is 79.9. The van der Waals surface area contributed by atoms with Gasteiger partial charge in [-0.25, -0.2) is 0 Å². The molecule has 1 aliphatic heterocycles. The Balaban J connectivity index is 2.09. The minimum absolute atomic E-state index is 0.0787. The smallest absolute Gasteiger partial charge is 0.264 e. The van der Waals surface area contributed by atoms with Crippen molar-refractivity contribution in [1.29, 1.82) is 0 Å². The molecule has 94 valence electrons. The van der Waals surface area contributed by atoms with Crippen molar-refractivity contribution in [3.63, 3.8) is 0 Å². The summed E-state index contributed by atoms with van der Waals surface area (Å²) in [5.41, 5.74) is 5.62. The monoisotopic (exact) mass is 318 g/mol. The van der Waals surface area contributed by atoms with Crippen LogP contribution in [0.25, 0.3) is 0 Å². The number of hydrogen-bond acceptors (Lipinski definition) is 4. The van der Waals surface area contributed by atoms with Gasteiger partial charge in [-0.15, -0.1) is 11.3 Å². The maximum Gasteiger partial charge on any atom is 0.264 e. The molecule has 17 heavy (non-hydrogen) atoms. The Morgan fingerprint density at radius 1 is 1.76 bits per heavy atom. The molecule has 1 aromatic heterocycles. The summed E-state index contributed by atoms with van der Waals surface area (Å²) in [5, 5.41) is 0. The maximum atomic E-state index is 12.2. The molecule has 4 nitrogen and oxygen atoms in total. The van der Waals surface area contributed by atoms with Gasteiger partial charge in [0.15, 0.2) is 0 Å². The molecule has 1 saturated heterocycles. The standard InChI is InChI=1S/C11H15BrN2O2S/c1-16-8-4-9(17-10(8)12)11(15)14-3-2-7(5-13)6-14/h4,7H,2-3,5-6,13H2,1H3. The summed E-state index contributed by atoms with van der Waals surface area (Å²) in [5.74, 6) is 1.24. The van der Waals surface area contributed by atoms with Gasteiger partial charge < -0.3 is 15.4 Å². The number of hydrogen-bond donors (Lipinski definition) is 1. The van der Waals surface area contributed by atoms with E-state index < -0.39 is 0 Å². The number of ether oxygens (including phenoxy) is 1. The number of nitrogens with zero attached hydrogens (tertiary/aromatic N) is 1. The van der Waals surface area contributed by atoms with E-state index in [1.807, 2.05) is 4.90 Å². The molecule has 2 N–H and O–H groups in total. The van der Waals surface area contributed by atoms with Crippen LogP contribution in [0.5, 0.6) is 5.75 Å². The SMILES string of the molecule is COc1cc(C(=O)N2CCC(CN)C2)sc1Br. The van der Waals surface area contributed by atoms with Crippen LogP contribution in [0.1, 0.15) is 16.1 Å². The van der Waals surface area contributed by atoms with E-state index in [1.165, 1.54) is 11.3 Å². The third-order valence-corrected chi connectivity index (χ3v) is 4.76. The fourth-order valence-electron chi connectivity index (χ4n) is 1.96. The summed E-state index contributed by atoms with van der Waals surface area (Å²) in [6, 6.07) is 1.78.